The Hall–Kier alpha value is -2.51. The second-order valence-electron chi connectivity index (χ2n) is 5.60. The van der Waals surface area contributed by atoms with Gasteiger partial charge in [-0.2, -0.15) is 0 Å². The maximum absolute atomic E-state index is 10.2. The van der Waals surface area contributed by atoms with Gasteiger partial charge in [0.05, 0.1) is 13.2 Å². The summed E-state index contributed by atoms with van der Waals surface area (Å²) in [6.07, 6.45) is 5.21. The molecule has 0 aliphatic carbocycles. The van der Waals surface area contributed by atoms with Gasteiger partial charge in [0.25, 0.3) is 0 Å². The van der Waals surface area contributed by atoms with Gasteiger partial charge in [0.2, 0.25) is 0 Å². The summed E-state index contributed by atoms with van der Waals surface area (Å²) < 4.78 is 13.0. The first kappa shape index (κ1) is 18.3. The lowest BCUT2D eigenvalue weighted by molar-refractivity contribution is 0.124. The zero-order chi connectivity index (χ0) is 18.4. The lowest BCUT2D eigenvalue weighted by atomic mass is 10.2. The predicted molar refractivity (Wildman–Crippen MR) is 103 cm³/mol. The molecule has 26 heavy (non-hydrogen) atoms. The molecular formula is C19H21N3O3S. The average Bonchev–Trinajstić information content (AvgIpc) is 3.08. The van der Waals surface area contributed by atoms with Gasteiger partial charge in [0.15, 0.2) is 22.3 Å². The fourth-order valence-corrected chi connectivity index (χ4v) is 3.25. The van der Waals surface area contributed by atoms with Crippen LogP contribution in [0.4, 0.5) is 0 Å². The number of allylic oxidation sites excluding steroid dienone is 1. The molecule has 1 atom stereocenters. The van der Waals surface area contributed by atoms with E-state index in [0.717, 1.165) is 16.4 Å². The van der Waals surface area contributed by atoms with Crippen LogP contribution in [0.5, 0.6) is 11.5 Å². The zero-order valence-corrected chi connectivity index (χ0v) is 15.5. The van der Waals surface area contributed by atoms with Gasteiger partial charge in [-0.25, -0.2) is 0 Å². The number of fused-ring (bicyclic) bond motifs is 1. The molecule has 1 N–H and O–H groups in total. The Kier molecular flexibility index (Phi) is 6.14. The number of aliphatic hydroxyl groups excluding tert-OH is 1. The molecule has 0 saturated heterocycles. The van der Waals surface area contributed by atoms with Crippen molar-refractivity contribution in [1.29, 1.82) is 0 Å². The Morgan fingerprint density at radius 3 is 2.92 bits per heavy atom. The molecule has 0 radical (unpaired) electrons. The van der Waals surface area contributed by atoms with Gasteiger partial charge in [0, 0.05) is 11.9 Å². The third kappa shape index (κ3) is 4.36. The van der Waals surface area contributed by atoms with Gasteiger partial charge in [-0.1, -0.05) is 36.0 Å². The monoisotopic (exact) mass is 371 g/mol. The number of rotatable bonds is 8. The number of methoxy groups -OCH3 is 1. The van der Waals surface area contributed by atoms with E-state index in [0.29, 0.717) is 17.3 Å². The molecule has 2 aromatic heterocycles. The number of benzene rings is 1. The van der Waals surface area contributed by atoms with Crippen LogP contribution in [0.2, 0.25) is 0 Å². The van der Waals surface area contributed by atoms with Gasteiger partial charge in [-0.05, 0) is 36.8 Å². The summed E-state index contributed by atoms with van der Waals surface area (Å²) >= 11 is 1.44. The minimum absolute atomic E-state index is 0.170. The minimum Gasteiger partial charge on any atom is -0.493 e. The number of aliphatic hydroxyl groups is 1. The van der Waals surface area contributed by atoms with Crippen LogP contribution in [0.25, 0.3) is 11.7 Å². The van der Waals surface area contributed by atoms with Crippen LogP contribution in [0.1, 0.15) is 12.5 Å². The Bertz CT molecular complexity index is 895. The fourth-order valence-electron chi connectivity index (χ4n) is 2.42. The minimum atomic E-state index is -0.643. The molecule has 0 aliphatic heterocycles. The number of aromatic nitrogens is 3. The summed E-state index contributed by atoms with van der Waals surface area (Å²) in [5.41, 5.74) is 1.82. The van der Waals surface area contributed by atoms with Crippen LogP contribution in [-0.4, -0.2) is 45.3 Å². The predicted octanol–water partition coefficient (Wildman–Crippen LogP) is 3.30. The fraction of sp³-hybridized carbons (Fsp3) is 0.263. The first-order chi connectivity index (χ1) is 12.7. The molecule has 0 spiro atoms. The van der Waals surface area contributed by atoms with Crippen molar-refractivity contribution in [3.63, 3.8) is 0 Å². The maximum Gasteiger partial charge on any atom is 0.195 e. The van der Waals surface area contributed by atoms with E-state index in [1.807, 2.05) is 66.1 Å². The number of ether oxygens (including phenoxy) is 2. The molecule has 3 rings (SSSR count). The van der Waals surface area contributed by atoms with Crippen molar-refractivity contribution in [2.24, 2.45) is 0 Å². The third-order valence-electron chi connectivity index (χ3n) is 3.67. The van der Waals surface area contributed by atoms with Crippen molar-refractivity contribution in [2.75, 3.05) is 19.5 Å². The highest BCUT2D eigenvalue weighted by Crippen LogP contribution is 2.29. The van der Waals surface area contributed by atoms with Gasteiger partial charge >= 0.3 is 0 Å². The Morgan fingerprint density at radius 1 is 1.23 bits per heavy atom. The molecule has 0 bridgehead atoms. The lowest BCUT2D eigenvalue weighted by Gasteiger charge is -2.14. The normalized spacial score (nSPS) is 12.6. The summed E-state index contributed by atoms with van der Waals surface area (Å²) in [5, 5.41) is 19.2. The van der Waals surface area contributed by atoms with Crippen LogP contribution in [0.3, 0.4) is 0 Å². The van der Waals surface area contributed by atoms with E-state index in [1.165, 1.54) is 11.8 Å². The molecule has 0 aliphatic rings. The number of hydrogen-bond acceptors (Lipinski definition) is 6. The van der Waals surface area contributed by atoms with Crippen LogP contribution in [-0.2, 0) is 0 Å². The quantitative estimate of drug-likeness (QED) is 0.613. The van der Waals surface area contributed by atoms with Gasteiger partial charge < -0.3 is 14.6 Å². The molecule has 6 nitrogen and oxygen atoms in total. The molecule has 0 saturated carbocycles. The molecule has 1 unspecified atom stereocenters. The Morgan fingerprint density at radius 2 is 2.12 bits per heavy atom. The van der Waals surface area contributed by atoms with E-state index in [2.05, 4.69) is 10.2 Å². The van der Waals surface area contributed by atoms with Crippen molar-refractivity contribution in [3.8, 4) is 11.5 Å². The topological polar surface area (TPSA) is 68.9 Å². The molecule has 0 amide bonds. The van der Waals surface area contributed by atoms with Crippen molar-refractivity contribution >= 4 is 23.5 Å². The number of pyridine rings is 1. The van der Waals surface area contributed by atoms with Gasteiger partial charge in [0.1, 0.15) is 6.61 Å². The summed E-state index contributed by atoms with van der Waals surface area (Å²) in [5.74, 6) is 1.70. The summed E-state index contributed by atoms with van der Waals surface area (Å²) in [4.78, 5) is 0. The van der Waals surface area contributed by atoms with E-state index in [1.54, 1.807) is 7.11 Å². The average molecular weight is 371 g/mol. The first-order valence-corrected chi connectivity index (χ1v) is 9.24. The third-order valence-corrected chi connectivity index (χ3v) is 4.75. The number of nitrogens with zero attached hydrogens (tertiary/aromatic N) is 3. The second kappa shape index (κ2) is 8.73. The van der Waals surface area contributed by atoms with E-state index in [-0.39, 0.29) is 6.61 Å². The molecule has 0 fully saturated rings. The smallest absolute Gasteiger partial charge is 0.195 e. The molecule has 7 heteroatoms. The first-order valence-electron chi connectivity index (χ1n) is 8.25. The van der Waals surface area contributed by atoms with Crippen LogP contribution < -0.4 is 9.47 Å². The molecule has 2 heterocycles. The van der Waals surface area contributed by atoms with Gasteiger partial charge in [-0.15, -0.1) is 10.2 Å². The van der Waals surface area contributed by atoms with Gasteiger partial charge in [-0.3, -0.25) is 4.40 Å². The highest BCUT2D eigenvalue weighted by molar-refractivity contribution is 7.99. The molecular weight excluding hydrogens is 350 g/mol. The molecule has 3 aromatic rings. The van der Waals surface area contributed by atoms with E-state index in [4.69, 9.17) is 9.47 Å². The van der Waals surface area contributed by atoms with E-state index in [9.17, 15) is 5.11 Å². The van der Waals surface area contributed by atoms with E-state index < -0.39 is 6.10 Å². The Labute approximate surface area is 156 Å². The van der Waals surface area contributed by atoms with Crippen LogP contribution in [0, 0.1) is 0 Å². The van der Waals surface area contributed by atoms with Crippen molar-refractivity contribution in [3.05, 3.63) is 54.2 Å². The van der Waals surface area contributed by atoms with Crippen LogP contribution in [0.15, 0.2) is 53.8 Å². The van der Waals surface area contributed by atoms with Crippen molar-refractivity contribution < 1.29 is 14.6 Å². The summed E-state index contributed by atoms with van der Waals surface area (Å²) in [6, 6.07) is 11.4. The summed E-state index contributed by atoms with van der Waals surface area (Å²) in [7, 11) is 1.60. The largest absolute Gasteiger partial charge is 0.493 e. The van der Waals surface area contributed by atoms with Crippen molar-refractivity contribution in [1.82, 2.24) is 14.6 Å². The second-order valence-corrected chi connectivity index (χ2v) is 6.58. The molecule has 1 aromatic carbocycles. The number of thioether (sulfide) groups is 1. The Balaban J connectivity index is 1.56. The highest BCUT2D eigenvalue weighted by Gasteiger charge is 2.12. The molecule has 136 valence electrons. The van der Waals surface area contributed by atoms with Crippen molar-refractivity contribution in [2.45, 2.75) is 18.2 Å². The highest BCUT2D eigenvalue weighted by atomic mass is 32.2. The maximum atomic E-state index is 10.2. The number of hydrogen-bond donors (Lipinski definition) is 1. The lowest BCUT2D eigenvalue weighted by Crippen LogP contribution is -2.20. The van der Waals surface area contributed by atoms with Crippen LogP contribution >= 0.6 is 11.8 Å². The van der Waals surface area contributed by atoms with E-state index >= 15 is 0 Å². The SMILES string of the molecule is C/C=C/c1ccc(OCC(O)CSc2nnc3ccccn23)c(OC)c1. The standard InChI is InChI=1S/C19H21N3O3S/c1-3-6-14-8-9-16(17(11-14)24-2)25-12-15(23)13-26-19-21-20-18-7-4-5-10-22(18)19/h3-11,15,23H,12-13H2,1-2H3/b6-3+. The summed E-state index contributed by atoms with van der Waals surface area (Å²) in [6.45, 7) is 2.13. The zero-order valence-electron chi connectivity index (χ0n) is 14.7.